The Morgan fingerprint density at radius 2 is 1.65 bits per heavy atom. The van der Waals surface area contributed by atoms with E-state index >= 15 is 0 Å². The fourth-order valence-corrected chi connectivity index (χ4v) is 3.55. The van der Waals surface area contributed by atoms with Gasteiger partial charge in [-0.05, 0) is 42.4 Å². The molecule has 2 heterocycles. The summed E-state index contributed by atoms with van der Waals surface area (Å²) in [6.07, 6.45) is 1.62. The van der Waals surface area contributed by atoms with Crippen LogP contribution < -0.4 is 10.1 Å². The number of nitrogens with one attached hydrogen (secondary N) is 1. The molecule has 1 saturated heterocycles. The zero-order valence-corrected chi connectivity index (χ0v) is 17.8. The maximum atomic E-state index is 12.7. The van der Waals surface area contributed by atoms with Gasteiger partial charge >= 0.3 is 0 Å². The number of amides is 1. The molecule has 0 radical (unpaired) electrons. The molecule has 1 N–H and O–H groups in total. The van der Waals surface area contributed by atoms with E-state index in [1.54, 1.807) is 18.3 Å². The number of ether oxygens (including phenoxy) is 1. The van der Waals surface area contributed by atoms with Crippen molar-refractivity contribution in [1.82, 2.24) is 20.1 Å². The van der Waals surface area contributed by atoms with Gasteiger partial charge in [-0.3, -0.25) is 9.69 Å². The van der Waals surface area contributed by atoms with Crippen molar-refractivity contribution in [3.8, 4) is 11.6 Å². The molecule has 6 heteroatoms. The summed E-state index contributed by atoms with van der Waals surface area (Å²) in [6.45, 7) is 5.87. The number of aromatic nitrogens is 1. The van der Waals surface area contributed by atoms with E-state index in [4.69, 9.17) is 4.74 Å². The Morgan fingerprint density at radius 3 is 2.39 bits per heavy atom. The second-order valence-corrected chi connectivity index (χ2v) is 7.85. The number of hydrogen-bond acceptors (Lipinski definition) is 5. The van der Waals surface area contributed by atoms with Gasteiger partial charge in [-0.2, -0.15) is 0 Å². The smallest absolute Gasteiger partial charge is 0.257 e. The molecule has 1 aliphatic rings. The van der Waals surface area contributed by atoms with Gasteiger partial charge in [-0.25, -0.2) is 4.98 Å². The first-order valence-corrected chi connectivity index (χ1v) is 10.6. The van der Waals surface area contributed by atoms with Crippen LogP contribution in [0.5, 0.6) is 11.6 Å². The SMILES string of the molecule is CN1CCN(Cc2ccc(CNC(=O)c3cccnc3Oc3ccccc3)cc2)CC1. The van der Waals surface area contributed by atoms with Crippen LogP contribution in [0.2, 0.25) is 0 Å². The lowest BCUT2D eigenvalue weighted by molar-refractivity contribution is 0.0948. The summed E-state index contributed by atoms with van der Waals surface area (Å²) in [5.41, 5.74) is 2.77. The van der Waals surface area contributed by atoms with Crippen molar-refractivity contribution in [2.24, 2.45) is 0 Å². The van der Waals surface area contributed by atoms with E-state index in [0.717, 1.165) is 38.3 Å². The fraction of sp³-hybridized carbons (Fsp3) is 0.280. The predicted molar refractivity (Wildman–Crippen MR) is 121 cm³/mol. The van der Waals surface area contributed by atoms with Gasteiger partial charge in [0.1, 0.15) is 11.3 Å². The highest BCUT2D eigenvalue weighted by Gasteiger charge is 2.15. The van der Waals surface area contributed by atoms with Gasteiger partial charge < -0.3 is 15.0 Å². The number of carbonyl (C=O) groups excluding carboxylic acids is 1. The second kappa shape index (κ2) is 10.2. The molecule has 0 saturated carbocycles. The topological polar surface area (TPSA) is 57.7 Å². The molecule has 6 nitrogen and oxygen atoms in total. The van der Waals surface area contributed by atoms with E-state index in [9.17, 15) is 4.79 Å². The van der Waals surface area contributed by atoms with Gasteiger partial charge in [0.15, 0.2) is 0 Å². The first-order valence-electron chi connectivity index (χ1n) is 10.6. The first-order chi connectivity index (χ1) is 15.2. The molecule has 0 atom stereocenters. The van der Waals surface area contributed by atoms with E-state index in [1.807, 2.05) is 30.3 Å². The highest BCUT2D eigenvalue weighted by atomic mass is 16.5. The molecule has 1 aromatic heterocycles. The lowest BCUT2D eigenvalue weighted by atomic mass is 10.1. The highest BCUT2D eigenvalue weighted by Crippen LogP contribution is 2.22. The van der Waals surface area contributed by atoms with Crippen LogP contribution >= 0.6 is 0 Å². The minimum absolute atomic E-state index is 0.208. The standard InChI is InChI=1S/C25H28N4O2/c1-28-14-16-29(17-15-28)19-21-11-9-20(10-12-21)18-27-24(30)23-8-5-13-26-25(23)31-22-6-3-2-4-7-22/h2-13H,14-19H2,1H3,(H,27,30). The Balaban J connectivity index is 1.33. The molecule has 31 heavy (non-hydrogen) atoms. The summed E-state index contributed by atoms with van der Waals surface area (Å²) >= 11 is 0. The number of rotatable bonds is 7. The van der Waals surface area contributed by atoms with Gasteiger partial charge in [-0.1, -0.05) is 42.5 Å². The maximum Gasteiger partial charge on any atom is 0.257 e. The Bertz CT molecular complexity index is 984. The maximum absolute atomic E-state index is 12.7. The first kappa shape index (κ1) is 21.0. The Hall–Kier alpha value is -3.22. The molecule has 1 amide bonds. The zero-order valence-electron chi connectivity index (χ0n) is 17.8. The molecule has 2 aromatic carbocycles. The van der Waals surface area contributed by atoms with E-state index in [-0.39, 0.29) is 5.91 Å². The van der Waals surface area contributed by atoms with Crippen molar-refractivity contribution in [2.45, 2.75) is 13.1 Å². The van der Waals surface area contributed by atoms with Gasteiger partial charge in [0.25, 0.3) is 5.91 Å². The minimum Gasteiger partial charge on any atom is -0.438 e. The molecule has 0 spiro atoms. The summed E-state index contributed by atoms with van der Waals surface area (Å²) in [5, 5.41) is 2.97. The Morgan fingerprint density at radius 1 is 0.935 bits per heavy atom. The summed E-state index contributed by atoms with van der Waals surface area (Å²) < 4.78 is 5.80. The molecule has 3 aromatic rings. The molecule has 160 valence electrons. The molecule has 1 fully saturated rings. The normalized spacial score (nSPS) is 14.9. The number of hydrogen-bond donors (Lipinski definition) is 1. The highest BCUT2D eigenvalue weighted by molar-refractivity contribution is 5.96. The predicted octanol–water partition coefficient (Wildman–Crippen LogP) is 3.55. The third kappa shape index (κ3) is 5.90. The van der Waals surface area contributed by atoms with Crippen molar-refractivity contribution in [3.63, 3.8) is 0 Å². The van der Waals surface area contributed by atoms with Gasteiger partial charge in [0, 0.05) is 45.5 Å². The number of para-hydroxylation sites is 1. The monoisotopic (exact) mass is 416 g/mol. The summed E-state index contributed by atoms with van der Waals surface area (Å²) in [4.78, 5) is 21.8. The summed E-state index contributed by atoms with van der Waals surface area (Å²) in [6, 6.07) is 21.3. The largest absolute Gasteiger partial charge is 0.438 e. The molecule has 1 aliphatic heterocycles. The van der Waals surface area contributed by atoms with Crippen LogP contribution in [0.1, 0.15) is 21.5 Å². The van der Waals surface area contributed by atoms with E-state index in [2.05, 4.69) is 51.4 Å². The van der Waals surface area contributed by atoms with E-state index in [1.165, 1.54) is 5.56 Å². The second-order valence-electron chi connectivity index (χ2n) is 7.85. The van der Waals surface area contributed by atoms with E-state index in [0.29, 0.717) is 23.7 Å². The quantitative estimate of drug-likeness (QED) is 0.638. The molecule has 0 bridgehead atoms. The van der Waals surface area contributed by atoms with Crippen LogP contribution in [-0.4, -0.2) is 53.9 Å². The van der Waals surface area contributed by atoms with Crippen LogP contribution in [0.4, 0.5) is 0 Å². The molecular formula is C25H28N4O2. The lowest BCUT2D eigenvalue weighted by Crippen LogP contribution is -2.43. The third-order valence-corrected chi connectivity index (χ3v) is 5.45. The minimum atomic E-state index is -0.208. The molecule has 0 aliphatic carbocycles. The van der Waals surface area contributed by atoms with Crippen molar-refractivity contribution >= 4 is 5.91 Å². The average molecular weight is 417 g/mol. The number of nitrogens with zero attached hydrogens (tertiary/aromatic N) is 3. The number of benzene rings is 2. The fourth-order valence-electron chi connectivity index (χ4n) is 3.55. The van der Waals surface area contributed by atoms with Crippen LogP contribution in [0.15, 0.2) is 72.9 Å². The number of carbonyl (C=O) groups is 1. The van der Waals surface area contributed by atoms with Crippen molar-refractivity contribution in [2.75, 3.05) is 33.2 Å². The zero-order chi connectivity index (χ0) is 21.5. The Labute approximate surface area is 183 Å². The molecular weight excluding hydrogens is 388 g/mol. The Kier molecular flexibility index (Phi) is 6.92. The van der Waals surface area contributed by atoms with E-state index < -0.39 is 0 Å². The van der Waals surface area contributed by atoms with Crippen molar-refractivity contribution in [3.05, 3.63) is 89.6 Å². The van der Waals surface area contributed by atoms with Gasteiger partial charge in [-0.15, -0.1) is 0 Å². The van der Waals surface area contributed by atoms with Crippen molar-refractivity contribution < 1.29 is 9.53 Å². The van der Waals surface area contributed by atoms with Crippen LogP contribution in [-0.2, 0) is 13.1 Å². The van der Waals surface area contributed by atoms with Gasteiger partial charge in [0.2, 0.25) is 5.88 Å². The molecule has 0 unspecified atom stereocenters. The average Bonchev–Trinajstić information content (AvgIpc) is 2.81. The summed E-state index contributed by atoms with van der Waals surface area (Å²) in [5.74, 6) is 0.737. The van der Waals surface area contributed by atoms with Crippen LogP contribution in [0.25, 0.3) is 0 Å². The number of likely N-dealkylation sites (N-methyl/N-ethyl adjacent to an activating group) is 1. The van der Waals surface area contributed by atoms with Crippen molar-refractivity contribution in [1.29, 1.82) is 0 Å². The van der Waals surface area contributed by atoms with Crippen LogP contribution in [0.3, 0.4) is 0 Å². The van der Waals surface area contributed by atoms with Crippen LogP contribution in [0, 0.1) is 0 Å². The lowest BCUT2D eigenvalue weighted by Gasteiger charge is -2.32. The van der Waals surface area contributed by atoms with Gasteiger partial charge in [0.05, 0.1) is 0 Å². The molecule has 4 rings (SSSR count). The summed E-state index contributed by atoms with van der Waals surface area (Å²) in [7, 11) is 2.17. The third-order valence-electron chi connectivity index (χ3n) is 5.45. The number of piperazine rings is 1. The number of pyridine rings is 1.